The third-order valence-corrected chi connectivity index (χ3v) is 2.88. The molecular weight excluding hydrogens is 252 g/mol. The van der Waals surface area contributed by atoms with Gasteiger partial charge in [-0.3, -0.25) is 0 Å². The number of hydrogen-bond acceptors (Lipinski definition) is 4. The van der Waals surface area contributed by atoms with Crippen molar-refractivity contribution < 1.29 is 4.74 Å². The van der Waals surface area contributed by atoms with Gasteiger partial charge in [-0.25, -0.2) is 4.98 Å². The van der Waals surface area contributed by atoms with E-state index >= 15 is 0 Å². The zero-order chi connectivity index (χ0) is 14.5. The van der Waals surface area contributed by atoms with Crippen LogP contribution in [0.2, 0.25) is 0 Å². The largest absolute Gasteiger partial charge is 0.497 e. The highest BCUT2D eigenvalue weighted by atomic mass is 16.5. The Morgan fingerprint density at radius 3 is 2.35 bits per heavy atom. The summed E-state index contributed by atoms with van der Waals surface area (Å²) in [6.45, 7) is 0. The van der Waals surface area contributed by atoms with Gasteiger partial charge in [0, 0.05) is 7.05 Å². The van der Waals surface area contributed by atoms with Gasteiger partial charge in [-0.05, 0) is 23.8 Å². The maximum Gasteiger partial charge on any atom is 0.177 e. The van der Waals surface area contributed by atoms with Gasteiger partial charge in [-0.1, -0.05) is 18.2 Å². The van der Waals surface area contributed by atoms with Crippen LogP contribution < -0.4 is 4.74 Å². The fourth-order valence-electron chi connectivity index (χ4n) is 1.76. The summed E-state index contributed by atoms with van der Waals surface area (Å²) >= 11 is 0. The van der Waals surface area contributed by atoms with E-state index in [0.717, 1.165) is 11.3 Å². The first-order valence-electron chi connectivity index (χ1n) is 5.88. The molecule has 5 heteroatoms. The average molecular weight is 264 g/mol. The summed E-state index contributed by atoms with van der Waals surface area (Å²) in [7, 11) is 3.33. The molecule has 0 unspecified atom stereocenters. The predicted molar refractivity (Wildman–Crippen MR) is 74.6 cm³/mol. The van der Waals surface area contributed by atoms with Crippen molar-refractivity contribution in [3.8, 4) is 17.9 Å². The van der Waals surface area contributed by atoms with Gasteiger partial charge < -0.3 is 9.30 Å². The van der Waals surface area contributed by atoms with Gasteiger partial charge in [0.2, 0.25) is 0 Å². The molecule has 0 fully saturated rings. The van der Waals surface area contributed by atoms with Crippen molar-refractivity contribution in [2.45, 2.75) is 0 Å². The predicted octanol–water partition coefficient (Wildman–Crippen LogP) is 2.34. The molecule has 0 aliphatic heterocycles. The van der Waals surface area contributed by atoms with Crippen molar-refractivity contribution in [1.29, 1.82) is 10.5 Å². The van der Waals surface area contributed by atoms with Gasteiger partial charge in [0.1, 0.15) is 23.7 Å². The van der Waals surface area contributed by atoms with E-state index < -0.39 is 0 Å². The summed E-state index contributed by atoms with van der Waals surface area (Å²) in [5, 5.41) is 17.9. The van der Waals surface area contributed by atoms with Crippen LogP contribution >= 0.6 is 0 Å². The van der Waals surface area contributed by atoms with Gasteiger partial charge in [0.05, 0.1) is 7.11 Å². The molecule has 0 amide bonds. The average Bonchev–Trinajstić information content (AvgIpc) is 2.81. The smallest absolute Gasteiger partial charge is 0.177 e. The van der Waals surface area contributed by atoms with Crippen LogP contribution in [0.4, 0.5) is 0 Å². The summed E-state index contributed by atoms with van der Waals surface area (Å²) < 4.78 is 6.68. The van der Waals surface area contributed by atoms with Crippen LogP contribution in [0.5, 0.6) is 5.75 Å². The molecule has 0 aliphatic rings. The van der Waals surface area contributed by atoms with E-state index in [9.17, 15) is 0 Å². The number of aromatic nitrogens is 2. The minimum atomic E-state index is 0.143. The second-order valence-corrected chi connectivity index (χ2v) is 4.06. The first-order chi connectivity index (χ1) is 9.69. The highest BCUT2D eigenvalue weighted by Gasteiger charge is 2.11. The molecular formula is C15H12N4O. The van der Waals surface area contributed by atoms with Crippen LogP contribution in [-0.2, 0) is 7.05 Å². The maximum atomic E-state index is 8.99. The zero-order valence-electron chi connectivity index (χ0n) is 11.2. The van der Waals surface area contributed by atoms with Gasteiger partial charge in [0.15, 0.2) is 11.4 Å². The number of imidazole rings is 1. The van der Waals surface area contributed by atoms with Gasteiger partial charge >= 0.3 is 0 Å². The Labute approximate surface area is 117 Å². The molecule has 0 spiro atoms. The highest BCUT2D eigenvalue weighted by molar-refractivity contribution is 5.68. The molecule has 0 radical (unpaired) electrons. The van der Waals surface area contributed by atoms with E-state index in [4.69, 9.17) is 15.3 Å². The quantitative estimate of drug-likeness (QED) is 0.852. The molecule has 20 heavy (non-hydrogen) atoms. The van der Waals surface area contributed by atoms with E-state index in [1.165, 1.54) is 0 Å². The maximum absolute atomic E-state index is 8.99. The molecule has 2 aromatic rings. The van der Waals surface area contributed by atoms with Crippen molar-refractivity contribution in [2.24, 2.45) is 7.05 Å². The van der Waals surface area contributed by atoms with Crippen LogP contribution in [0, 0.1) is 22.7 Å². The lowest BCUT2D eigenvalue weighted by atomic mass is 10.2. The molecule has 0 atom stereocenters. The van der Waals surface area contributed by atoms with Crippen molar-refractivity contribution in [3.63, 3.8) is 0 Å². The van der Waals surface area contributed by atoms with E-state index in [1.54, 1.807) is 24.8 Å². The normalized spacial score (nSPS) is 10.2. The molecule has 1 aromatic carbocycles. The number of ether oxygens (including phenoxy) is 1. The van der Waals surface area contributed by atoms with E-state index in [1.807, 2.05) is 42.5 Å². The zero-order valence-corrected chi connectivity index (χ0v) is 11.2. The van der Waals surface area contributed by atoms with Crippen LogP contribution in [0.15, 0.2) is 24.3 Å². The third kappa shape index (κ3) is 2.52. The molecule has 0 bridgehead atoms. The summed E-state index contributed by atoms with van der Waals surface area (Å²) in [4.78, 5) is 4.12. The Morgan fingerprint density at radius 1 is 1.15 bits per heavy atom. The number of nitriles is 2. The highest BCUT2D eigenvalue weighted by Crippen LogP contribution is 2.15. The Balaban J connectivity index is 2.30. The lowest BCUT2D eigenvalue weighted by Crippen LogP contribution is -1.94. The first-order valence-corrected chi connectivity index (χ1v) is 5.88. The standard InChI is InChI=1S/C15H12N4O/c1-19-14(10-17)13(9-16)18-15(19)8-5-11-3-6-12(20-2)7-4-11/h3-8H,1-2H3/b8-5+. The Hall–Kier alpha value is -3.05. The molecule has 0 aliphatic carbocycles. The molecule has 1 heterocycles. The Bertz CT molecular complexity index is 727. The molecule has 0 saturated carbocycles. The Kier molecular flexibility index (Phi) is 3.83. The van der Waals surface area contributed by atoms with Gasteiger partial charge in [-0.15, -0.1) is 0 Å². The number of hydrogen-bond donors (Lipinski definition) is 0. The number of methoxy groups -OCH3 is 1. The minimum absolute atomic E-state index is 0.143. The SMILES string of the molecule is COc1ccc(/C=C/c2nc(C#N)c(C#N)n2C)cc1. The van der Waals surface area contributed by atoms with E-state index in [0.29, 0.717) is 5.82 Å². The molecule has 1 aromatic heterocycles. The van der Waals surface area contributed by atoms with E-state index in [2.05, 4.69) is 4.98 Å². The second kappa shape index (κ2) is 5.73. The van der Waals surface area contributed by atoms with Crippen LogP contribution in [-0.4, -0.2) is 16.7 Å². The lowest BCUT2D eigenvalue weighted by Gasteiger charge is -1.99. The van der Waals surface area contributed by atoms with Gasteiger partial charge in [-0.2, -0.15) is 10.5 Å². The van der Waals surface area contributed by atoms with Crippen LogP contribution in [0.1, 0.15) is 22.8 Å². The molecule has 5 nitrogen and oxygen atoms in total. The minimum Gasteiger partial charge on any atom is -0.497 e. The summed E-state index contributed by atoms with van der Waals surface area (Å²) in [6, 6.07) is 11.4. The summed E-state index contributed by atoms with van der Waals surface area (Å²) in [5.41, 5.74) is 1.39. The number of benzene rings is 1. The van der Waals surface area contributed by atoms with Gasteiger partial charge in [0.25, 0.3) is 0 Å². The number of nitrogens with zero attached hydrogens (tertiary/aromatic N) is 4. The molecule has 98 valence electrons. The fraction of sp³-hybridized carbons (Fsp3) is 0.133. The lowest BCUT2D eigenvalue weighted by molar-refractivity contribution is 0.415. The van der Waals surface area contributed by atoms with E-state index in [-0.39, 0.29) is 11.4 Å². The van der Waals surface area contributed by atoms with Crippen molar-refractivity contribution in [1.82, 2.24) is 9.55 Å². The summed E-state index contributed by atoms with van der Waals surface area (Å²) in [6.07, 6.45) is 3.63. The molecule has 2 rings (SSSR count). The van der Waals surface area contributed by atoms with Crippen molar-refractivity contribution in [2.75, 3.05) is 7.11 Å². The van der Waals surface area contributed by atoms with Crippen molar-refractivity contribution in [3.05, 3.63) is 47.0 Å². The van der Waals surface area contributed by atoms with Crippen LogP contribution in [0.3, 0.4) is 0 Å². The number of rotatable bonds is 3. The first kappa shape index (κ1) is 13.4. The molecule has 0 saturated heterocycles. The second-order valence-electron chi connectivity index (χ2n) is 4.06. The third-order valence-electron chi connectivity index (χ3n) is 2.88. The summed E-state index contributed by atoms with van der Waals surface area (Å²) in [5.74, 6) is 1.35. The molecule has 0 N–H and O–H groups in total. The topological polar surface area (TPSA) is 74.6 Å². The van der Waals surface area contributed by atoms with Crippen molar-refractivity contribution >= 4 is 12.2 Å². The van der Waals surface area contributed by atoms with Crippen LogP contribution in [0.25, 0.3) is 12.2 Å². The fourth-order valence-corrected chi connectivity index (χ4v) is 1.76. The monoisotopic (exact) mass is 264 g/mol. The Morgan fingerprint density at radius 2 is 1.85 bits per heavy atom.